The maximum atomic E-state index is 11.2. The van der Waals surface area contributed by atoms with Gasteiger partial charge in [-0.25, -0.2) is 0 Å². The fraction of sp³-hybridized carbons (Fsp3) is 0.462. The summed E-state index contributed by atoms with van der Waals surface area (Å²) in [6.07, 6.45) is 2.60. The zero-order valence-corrected chi connectivity index (χ0v) is 9.10. The topological polar surface area (TPSA) is 40.5 Å². The van der Waals surface area contributed by atoms with Crippen LogP contribution in [0.25, 0.3) is 0 Å². The smallest absolute Gasteiger partial charge is 0.312 e. The molecule has 84 valence electrons. The van der Waals surface area contributed by atoms with E-state index in [1.54, 1.807) is 0 Å². The zero-order chi connectivity index (χ0) is 11.1. The summed E-state index contributed by atoms with van der Waals surface area (Å²) in [5.74, 6) is -0.249. The average Bonchev–Trinajstić information content (AvgIpc) is 3.00. The van der Waals surface area contributed by atoms with Gasteiger partial charge < -0.3 is 10.0 Å². The third-order valence-electron chi connectivity index (χ3n) is 3.53. The summed E-state index contributed by atoms with van der Waals surface area (Å²) in [6.45, 7) is 1.67. The molecular formula is C13H15NO2. The second-order valence-electron chi connectivity index (χ2n) is 4.80. The molecule has 1 aliphatic carbocycles. The first-order valence-electron chi connectivity index (χ1n) is 5.82. The fourth-order valence-corrected chi connectivity index (χ4v) is 2.48. The summed E-state index contributed by atoms with van der Waals surface area (Å²) in [6, 6.07) is 7.90. The van der Waals surface area contributed by atoms with E-state index >= 15 is 0 Å². The molecule has 0 radical (unpaired) electrons. The van der Waals surface area contributed by atoms with Crippen LogP contribution in [0.5, 0.6) is 0 Å². The van der Waals surface area contributed by atoms with E-state index in [1.807, 2.05) is 24.3 Å². The third-order valence-corrected chi connectivity index (χ3v) is 3.53. The van der Waals surface area contributed by atoms with Gasteiger partial charge in [-0.2, -0.15) is 0 Å². The highest BCUT2D eigenvalue weighted by molar-refractivity contribution is 5.82. The lowest BCUT2D eigenvalue weighted by molar-refractivity contribution is -0.138. The number of hydrogen-bond donors (Lipinski definition) is 1. The van der Waals surface area contributed by atoms with Gasteiger partial charge in [0.05, 0.1) is 0 Å². The molecule has 0 saturated heterocycles. The van der Waals surface area contributed by atoms with Gasteiger partial charge in [0.25, 0.3) is 0 Å². The molecule has 1 aromatic carbocycles. The fourth-order valence-electron chi connectivity index (χ4n) is 2.48. The number of para-hydroxylation sites is 1. The Morgan fingerprint density at radius 2 is 2.12 bits per heavy atom. The van der Waals surface area contributed by atoms with Crippen LogP contribution in [0, 0.1) is 5.92 Å². The van der Waals surface area contributed by atoms with Crippen molar-refractivity contribution < 1.29 is 9.90 Å². The second kappa shape index (κ2) is 3.51. The quantitative estimate of drug-likeness (QED) is 0.842. The highest BCUT2D eigenvalue weighted by Crippen LogP contribution is 2.39. The average molecular weight is 217 g/mol. The standard InChI is InChI=1S/C13H15NO2/c15-13(16)11-8-14(7-9-5-6-9)12-4-2-1-3-10(11)12/h1-4,9,11H,5-8H2,(H,15,16). The van der Waals surface area contributed by atoms with E-state index in [9.17, 15) is 9.90 Å². The lowest BCUT2D eigenvalue weighted by atomic mass is 10.0. The molecule has 0 aromatic heterocycles. The Morgan fingerprint density at radius 3 is 2.81 bits per heavy atom. The number of hydrogen-bond acceptors (Lipinski definition) is 2. The Kier molecular flexibility index (Phi) is 2.13. The summed E-state index contributed by atoms with van der Waals surface area (Å²) < 4.78 is 0. The number of rotatable bonds is 3. The number of carbonyl (C=O) groups is 1. The van der Waals surface area contributed by atoms with Crippen LogP contribution in [0.3, 0.4) is 0 Å². The van der Waals surface area contributed by atoms with Crippen molar-refractivity contribution in [2.75, 3.05) is 18.0 Å². The van der Waals surface area contributed by atoms with Crippen LogP contribution in [-0.2, 0) is 4.79 Å². The van der Waals surface area contributed by atoms with Gasteiger partial charge in [-0.1, -0.05) is 18.2 Å². The molecule has 0 spiro atoms. The molecule has 1 aliphatic heterocycles. The molecule has 3 nitrogen and oxygen atoms in total. The first-order chi connectivity index (χ1) is 7.75. The minimum absolute atomic E-state index is 0.338. The van der Waals surface area contributed by atoms with Crippen molar-refractivity contribution in [3.8, 4) is 0 Å². The lowest BCUT2D eigenvalue weighted by Gasteiger charge is -2.18. The summed E-state index contributed by atoms with van der Waals surface area (Å²) in [4.78, 5) is 13.4. The minimum Gasteiger partial charge on any atom is -0.481 e. The molecule has 1 heterocycles. The van der Waals surface area contributed by atoms with Crippen LogP contribution in [0.1, 0.15) is 24.3 Å². The van der Waals surface area contributed by atoms with Gasteiger partial charge in [0, 0.05) is 18.8 Å². The predicted octanol–water partition coefficient (Wildman–Crippen LogP) is 2.08. The monoisotopic (exact) mass is 217 g/mol. The van der Waals surface area contributed by atoms with Crippen LogP contribution < -0.4 is 4.90 Å². The van der Waals surface area contributed by atoms with Crippen LogP contribution in [0.4, 0.5) is 5.69 Å². The van der Waals surface area contributed by atoms with E-state index < -0.39 is 5.97 Å². The van der Waals surface area contributed by atoms with Crippen molar-refractivity contribution >= 4 is 11.7 Å². The van der Waals surface area contributed by atoms with E-state index in [0.717, 1.165) is 23.7 Å². The van der Waals surface area contributed by atoms with Crippen molar-refractivity contribution in [1.29, 1.82) is 0 Å². The van der Waals surface area contributed by atoms with Gasteiger partial charge in [-0.05, 0) is 30.4 Å². The number of carboxylic acids is 1. The Hall–Kier alpha value is -1.51. The van der Waals surface area contributed by atoms with Crippen molar-refractivity contribution in [3.05, 3.63) is 29.8 Å². The summed E-state index contributed by atoms with van der Waals surface area (Å²) >= 11 is 0. The Balaban J connectivity index is 1.91. The first kappa shape index (κ1) is 9.70. The molecule has 1 N–H and O–H groups in total. The highest BCUT2D eigenvalue weighted by Gasteiger charge is 2.35. The van der Waals surface area contributed by atoms with Gasteiger partial charge >= 0.3 is 5.97 Å². The number of anilines is 1. The number of benzene rings is 1. The molecular weight excluding hydrogens is 202 g/mol. The molecule has 0 bridgehead atoms. The maximum Gasteiger partial charge on any atom is 0.312 e. The summed E-state index contributed by atoms with van der Waals surface area (Å²) in [5, 5.41) is 9.20. The molecule has 2 aliphatic rings. The van der Waals surface area contributed by atoms with Crippen LogP contribution in [0.2, 0.25) is 0 Å². The van der Waals surface area contributed by atoms with E-state index in [-0.39, 0.29) is 5.92 Å². The van der Waals surface area contributed by atoms with Crippen LogP contribution >= 0.6 is 0 Å². The molecule has 1 unspecified atom stereocenters. The van der Waals surface area contributed by atoms with Crippen LogP contribution in [-0.4, -0.2) is 24.2 Å². The molecule has 3 rings (SSSR count). The zero-order valence-electron chi connectivity index (χ0n) is 9.10. The van der Waals surface area contributed by atoms with Crippen molar-refractivity contribution in [1.82, 2.24) is 0 Å². The van der Waals surface area contributed by atoms with E-state index in [2.05, 4.69) is 4.90 Å². The Bertz CT molecular complexity index is 426. The second-order valence-corrected chi connectivity index (χ2v) is 4.80. The molecule has 1 aromatic rings. The number of carboxylic acid groups (broad SMARTS) is 1. The van der Waals surface area contributed by atoms with E-state index in [0.29, 0.717) is 6.54 Å². The van der Waals surface area contributed by atoms with Gasteiger partial charge in [-0.15, -0.1) is 0 Å². The lowest BCUT2D eigenvalue weighted by Crippen LogP contribution is -2.26. The largest absolute Gasteiger partial charge is 0.481 e. The van der Waals surface area contributed by atoms with Crippen molar-refractivity contribution in [2.45, 2.75) is 18.8 Å². The number of fused-ring (bicyclic) bond motifs is 1. The molecule has 1 saturated carbocycles. The Labute approximate surface area is 94.7 Å². The Morgan fingerprint density at radius 1 is 1.38 bits per heavy atom. The van der Waals surface area contributed by atoms with Gasteiger partial charge in [0.1, 0.15) is 5.92 Å². The van der Waals surface area contributed by atoms with Gasteiger partial charge in [0.2, 0.25) is 0 Å². The maximum absolute atomic E-state index is 11.2. The van der Waals surface area contributed by atoms with Crippen LogP contribution in [0.15, 0.2) is 24.3 Å². The molecule has 3 heteroatoms. The van der Waals surface area contributed by atoms with E-state index in [1.165, 1.54) is 12.8 Å². The van der Waals surface area contributed by atoms with Crippen molar-refractivity contribution in [3.63, 3.8) is 0 Å². The highest BCUT2D eigenvalue weighted by atomic mass is 16.4. The first-order valence-corrected chi connectivity index (χ1v) is 5.82. The number of aliphatic carboxylic acids is 1. The van der Waals surface area contributed by atoms with Gasteiger partial charge in [0.15, 0.2) is 0 Å². The van der Waals surface area contributed by atoms with Crippen molar-refractivity contribution in [2.24, 2.45) is 5.92 Å². The predicted molar refractivity (Wildman–Crippen MR) is 61.8 cm³/mol. The number of nitrogens with zero attached hydrogens (tertiary/aromatic N) is 1. The van der Waals surface area contributed by atoms with E-state index in [4.69, 9.17) is 0 Å². The molecule has 1 fully saturated rings. The molecule has 1 atom stereocenters. The summed E-state index contributed by atoms with van der Waals surface area (Å²) in [5.41, 5.74) is 2.11. The third kappa shape index (κ3) is 1.56. The minimum atomic E-state index is -0.703. The molecule has 0 amide bonds. The van der Waals surface area contributed by atoms with Gasteiger partial charge in [-0.3, -0.25) is 4.79 Å². The summed E-state index contributed by atoms with van der Waals surface area (Å²) in [7, 11) is 0. The molecule has 16 heavy (non-hydrogen) atoms. The normalized spacial score (nSPS) is 23.2. The SMILES string of the molecule is O=C(O)C1CN(CC2CC2)c2ccccc21.